The van der Waals surface area contributed by atoms with Gasteiger partial charge in [-0.3, -0.25) is 4.90 Å². The Bertz CT molecular complexity index is 1200. The fraction of sp³-hybridized carbons (Fsp3) is 0.607. The Kier molecular flexibility index (Phi) is 8.77. The van der Waals surface area contributed by atoms with Crippen molar-refractivity contribution in [1.29, 1.82) is 5.26 Å². The summed E-state index contributed by atoms with van der Waals surface area (Å²) in [5, 5.41) is 12.6. The minimum Gasteiger partial charge on any atom is -0.356 e. The van der Waals surface area contributed by atoms with E-state index in [4.69, 9.17) is 10.2 Å². The van der Waals surface area contributed by atoms with Gasteiger partial charge in [0, 0.05) is 51.0 Å². The van der Waals surface area contributed by atoms with Gasteiger partial charge in [0.05, 0.1) is 16.5 Å². The number of benzene rings is 1. The van der Waals surface area contributed by atoms with E-state index in [1.165, 1.54) is 37.8 Å². The number of rotatable bonds is 6. The summed E-state index contributed by atoms with van der Waals surface area (Å²) < 4.78 is 27.9. The molecular weight excluding hydrogens is 498 g/mol. The number of nitriles is 1. The summed E-state index contributed by atoms with van der Waals surface area (Å²) >= 11 is 0. The lowest BCUT2D eigenvalue weighted by atomic mass is 10.0. The molecule has 204 valence electrons. The fourth-order valence-electron chi connectivity index (χ4n) is 6.00. The van der Waals surface area contributed by atoms with Gasteiger partial charge >= 0.3 is 0 Å². The lowest BCUT2D eigenvalue weighted by Crippen LogP contribution is -2.49. The zero-order chi connectivity index (χ0) is 26.4. The number of anilines is 2. The van der Waals surface area contributed by atoms with Crippen LogP contribution in [-0.2, 0) is 10.0 Å². The molecule has 3 saturated heterocycles. The van der Waals surface area contributed by atoms with Crippen LogP contribution in [0.25, 0.3) is 0 Å². The standard InChI is InChI=1S/C28H39N7O2S/c29-21-23-8-10-26(11-9-23)38(36,37)35-19-13-25(14-20-35)34-18-6-3-7-24(22-34)31-28-30-15-12-27(32-28)33-16-4-1-2-5-17-33/h8-12,15,24-25H,1-7,13-14,16-20,22H2,(H,30,31,32). The van der Waals surface area contributed by atoms with Crippen LogP contribution in [0.4, 0.5) is 11.8 Å². The normalized spacial score (nSPS) is 22.8. The zero-order valence-corrected chi connectivity index (χ0v) is 22.9. The van der Waals surface area contributed by atoms with E-state index in [2.05, 4.69) is 20.1 Å². The molecule has 9 nitrogen and oxygen atoms in total. The monoisotopic (exact) mass is 537 g/mol. The molecule has 4 heterocycles. The number of piperidine rings is 1. The number of hydrogen-bond acceptors (Lipinski definition) is 8. The van der Waals surface area contributed by atoms with Crippen LogP contribution < -0.4 is 10.2 Å². The molecule has 1 aromatic carbocycles. The molecule has 3 aliphatic heterocycles. The van der Waals surface area contributed by atoms with Crippen LogP contribution >= 0.6 is 0 Å². The second-order valence-corrected chi connectivity index (χ2v) is 12.7. The topological polar surface area (TPSA) is 105 Å². The molecule has 5 rings (SSSR count). The fourth-order valence-corrected chi connectivity index (χ4v) is 7.47. The first-order chi connectivity index (χ1) is 18.5. The third-order valence-corrected chi connectivity index (χ3v) is 10.1. The van der Waals surface area contributed by atoms with E-state index in [0.717, 1.165) is 64.1 Å². The predicted octanol–water partition coefficient (Wildman–Crippen LogP) is 3.85. The first-order valence-corrected chi connectivity index (χ1v) is 15.6. The quantitative estimate of drug-likeness (QED) is 0.593. The van der Waals surface area contributed by atoms with E-state index in [1.54, 1.807) is 16.4 Å². The smallest absolute Gasteiger partial charge is 0.243 e. The van der Waals surface area contributed by atoms with Crippen LogP contribution in [0.1, 0.15) is 63.4 Å². The number of aromatic nitrogens is 2. The molecule has 1 unspecified atom stereocenters. The molecule has 3 aliphatic rings. The van der Waals surface area contributed by atoms with Crippen molar-refractivity contribution in [2.75, 3.05) is 49.5 Å². The summed E-state index contributed by atoms with van der Waals surface area (Å²) in [5.74, 6) is 1.73. The average Bonchev–Trinajstić information content (AvgIpc) is 3.37. The predicted molar refractivity (Wildman–Crippen MR) is 148 cm³/mol. The highest BCUT2D eigenvalue weighted by Gasteiger charge is 2.33. The molecule has 0 radical (unpaired) electrons. The van der Waals surface area contributed by atoms with Gasteiger partial charge in [0.2, 0.25) is 16.0 Å². The second kappa shape index (κ2) is 12.4. The molecule has 38 heavy (non-hydrogen) atoms. The minimum atomic E-state index is -3.54. The van der Waals surface area contributed by atoms with Crippen LogP contribution in [0.15, 0.2) is 41.4 Å². The Morgan fingerprint density at radius 2 is 1.58 bits per heavy atom. The molecule has 1 atom stereocenters. The zero-order valence-electron chi connectivity index (χ0n) is 22.1. The van der Waals surface area contributed by atoms with Crippen LogP contribution in [-0.4, -0.2) is 78.9 Å². The van der Waals surface area contributed by atoms with Gasteiger partial charge in [0.15, 0.2) is 0 Å². The van der Waals surface area contributed by atoms with Gasteiger partial charge in [-0.15, -0.1) is 0 Å². The average molecular weight is 538 g/mol. The molecule has 0 aliphatic carbocycles. The van der Waals surface area contributed by atoms with Gasteiger partial charge < -0.3 is 10.2 Å². The molecule has 1 N–H and O–H groups in total. The molecule has 0 amide bonds. The van der Waals surface area contributed by atoms with E-state index in [9.17, 15) is 8.42 Å². The molecule has 2 aromatic rings. The van der Waals surface area contributed by atoms with Gasteiger partial charge in [-0.2, -0.15) is 14.6 Å². The summed E-state index contributed by atoms with van der Waals surface area (Å²) in [5.41, 5.74) is 0.464. The van der Waals surface area contributed by atoms with Crippen molar-refractivity contribution in [3.8, 4) is 6.07 Å². The molecule has 0 bridgehead atoms. The highest BCUT2D eigenvalue weighted by atomic mass is 32.2. The summed E-state index contributed by atoms with van der Waals surface area (Å²) in [4.78, 5) is 14.6. The highest BCUT2D eigenvalue weighted by molar-refractivity contribution is 7.89. The van der Waals surface area contributed by atoms with E-state index < -0.39 is 10.0 Å². The van der Waals surface area contributed by atoms with Crippen LogP contribution in [0.3, 0.4) is 0 Å². The summed E-state index contributed by atoms with van der Waals surface area (Å²) in [6, 6.07) is 10.9. The molecule has 10 heteroatoms. The Morgan fingerprint density at radius 1 is 0.868 bits per heavy atom. The Hall–Kier alpha value is -2.74. The van der Waals surface area contributed by atoms with Gasteiger partial charge in [0.25, 0.3) is 0 Å². The van der Waals surface area contributed by atoms with E-state index in [0.29, 0.717) is 30.6 Å². The Morgan fingerprint density at radius 3 is 2.29 bits per heavy atom. The van der Waals surface area contributed by atoms with Crippen LogP contribution in [0.5, 0.6) is 0 Å². The van der Waals surface area contributed by atoms with Crippen LogP contribution in [0.2, 0.25) is 0 Å². The molecule has 0 saturated carbocycles. The molecular formula is C28H39N7O2S. The first-order valence-electron chi connectivity index (χ1n) is 14.1. The third kappa shape index (κ3) is 6.45. The molecule has 0 spiro atoms. The summed E-state index contributed by atoms with van der Waals surface area (Å²) in [6.45, 7) is 5.12. The third-order valence-electron chi connectivity index (χ3n) is 8.17. The minimum absolute atomic E-state index is 0.261. The largest absolute Gasteiger partial charge is 0.356 e. The lowest BCUT2D eigenvalue weighted by Gasteiger charge is -2.38. The van der Waals surface area contributed by atoms with Crippen molar-refractivity contribution in [2.45, 2.75) is 74.8 Å². The van der Waals surface area contributed by atoms with Crippen LogP contribution in [0, 0.1) is 11.3 Å². The SMILES string of the molecule is N#Cc1ccc(S(=O)(=O)N2CCC(N3CCCCC(Nc4nccc(N5CCCCCC5)n4)C3)CC2)cc1. The Balaban J connectivity index is 1.18. The lowest BCUT2D eigenvalue weighted by molar-refractivity contribution is 0.140. The summed E-state index contributed by atoms with van der Waals surface area (Å²) in [7, 11) is -3.54. The van der Waals surface area contributed by atoms with Gasteiger partial charge in [0.1, 0.15) is 5.82 Å². The Labute approximate surface area is 226 Å². The van der Waals surface area contributed by atoms with E-state index >= 15 is 0 Å². The van der Waals surface area contributed by atoms with Crippen molar-refractivity contribution in [1.82, 2.24) is 19.2 Å². The van der Waals surface area contributed by atoms with Crippen molar-refractivity contribution in [2.24, 2.45) is 0 Å². The maximum absolute atomic E-state index is 13.1. The maximum Gasteiger partial charge on any atom is 0.243 e. The number of sulfonamides is 1. The molecule has 3 fully saturated rings. The second-order valence-electron chi connectivity index (χ2n) is 10.7. The van der Waals surface area contributed by atoms with E-state index in [1.807, 2.05) is 18.3 Å². The van der Waals surface area contributed by atoms with Gasteiger partial charge in [-0.05, 0) is 75.4 Å². The highest BCUT2D eigenvalue weighted by Crippen LogP contribution is 2.26. The van der Waals surface area contributed by atoms with Crippen molar-refractivity contribution in [3.05, 3.63) is 42.1 Å². The number of hydrogen-bond donors (Lipinski definition) is 1. The van der Waals surface area contributed by atoms with E-state index in [-0.39, 0.29) is 10.9 Å². The molecule has 1 aromatic heterocycles. The van der Waals surface area contributed by atoms with Crippen molar-refractivity contribution in [3.63, 3.8) is 0 Å². The number of likely N-dealkylation sites (tertiary alicyclic amines) is 1. The number of nitrogens with one attached hydrogen (secondary N) is 1. The van der Waals surface area contributed by atoms with Crippen molar-refractivity contribution >= 4 is 21.8 Å². The maximum atomic E-state index is 13.1. The first kappa shape index (κ1) is 26.9. The summed E-state index contributed by atoms with van der Waals surface area (Å²) in [6.07, 6.45) is 11.9. The van der Waals surface area contributed by atoms with Gasteiger partial charge in [-0.1, -0.05) is 19.3 Å². The van der Waals surface area contributed by atoms with Crippen molar-refractivity contribution < 1.29 is 8.42 Å². The van der Waals surface area contributed by atoms with Gasteiger partial charge in [-0.25, -0.2) is 13.4 Å². The number of nitrogens with zero attached hydrogens (tertiary/aromatic N) is 6.